The van der Waals surface area contributed by atoms with Gasteiger partial charge in [0.15, 0.2) is 0 Å². The summed E-state index contributed by atoms with van der Waals surface area (Å²) in [6.07, 6.45) is 0. The molecule has 0 heterocycles. The number of ether oxygens (including phenoxy) is 1. The summed E-state index contributed by atoms with van der Waals surface area (Å²) in [5, 5.41) is 18.5. The van der Waals surface area contributed by atoms with Crippen molar-refractivity contribution in [1.82, 2.24) is 0 Å². The van der Waals surface area contributed by atoms with Crippen LogP contribution in [0.25, 0.3) is 0 Å². The number of aryl methyl sites for hydroxylation is 2. The van der Waals surface area contributed by atoms with E-state index in [1.54, 1.807) is 39.8 Å². The third kappa shape index (κ3) is 3.75. The van der Waals surface area contributed by atoms with Gasteiger partial charge in [0.05, 0.1) is 11.2 Å². The number of benzene rings is 1. The lowest BCUT2D eigenvalue weighted by atomic mass is 10.1. The molecule has 0 aromatic heterocycles. The molecule has 1 aromatic rings. The predicted octanol–water partition coefficient (Wildman–Crippen LogP) is 2.15. The molecule has 0 saturated carbocycles. The fraction of sp³-hybridized carbons (Fsp3) is 0.462. The van der Waals surface area contributed by atoms with Crippen LogP contribution in [0.2, 0.25) is 0 Å². The highest BCUT2D eigenvalue weighted by Crippen LogP contribution is 2.25. The number of carboxylic acids is 1. The number of aliphatic hydroxyl groups is 1. The smallest absolute Gasteiger partial charge is 0.335 e. The fourth-order valence-corrected chi connectivity index (χ4v) is 1.55. The summed E-state index contributed by atoms with van der Waals surface area (Å²) >= 11 is 0. The van der Waals surface area contributed by atoms with E-state index in [-0.39, 0.29) is 12.2 Å². The van der Waals surface area contributed by atoms with Gasteiger partial charge in [-0.15, -0.1) is 0 Å². The van der Waals surface area contributed by atoms with Crippen LogP contribution in [0.15, 0.2) is 12.1 Å². The monoisotopic (exact) mass is 238 g/mol. The first kappa shape index (κ1) is 13.5. The molecule has 4 heteroatoms. The number of rotatable bonds is 4. The van der Waals surface area contributed by atoms with Crippen LogP contribution in [0.3, 0.4) is 0 Å². The van der Waals surface area contributed by atoms with E-state index in [9.17, 15) is 9.90 Å². The van der Waals surface area contributed by atoms with Crippen molar-refractivity contribution in [3.05, 3.63) is 28.8 Å². The van der Waals surface area contributed by atoms with E-state index in [1.807, 2.05) is 0 Å². The molecule has 0 aliphatic carbocycles. The molecule has 17 heavy (non-hydrogen) atoms. The van der Waals surface area contributed by atoms with E-state index in [0.29, 0.717) is 5.75 Å². The van der Waals surface area contributed by atoms with Crippen LogP contribution < -0.4 is 4.74 Å². The first-order valence-electron chi connectivity index (χ1n) is 5.40. The van der Waals surface area contributed by atoms with Crippen LogP contribution in [-0.2, 0) is 0 Å². The van der Waals surface area contributed by atoms with Crippen molar-refractivity contribution in [2.75, 3.05) is 6.61 Å². The second kappa shape index (κ2) is 4.75. The normalized spacial score (nSPS) is 11.4. The average Bonchev–Trinajstić information content (AvgIpc) is 2.14. The van der Waals surface area contributed by atoms with Gasteiger partial charge in [-0.2, -0.15) is 0 Å². The van der Waals surface area contributed by atoms with Gasteiger partial charge in [-0.3, -0.25) is 0 Å². The number of aromatic carboxylic acids is 1. The van der Waals surface area contributed by atoms with Gasteiger partial charge >= 0.3 is 5.97 Å². The molecule has 0 spiro atoms. The summed E-state index contributed by atoms with van der Waals surface area (Å²) in [7, 11) is 0. The van der Waals surface area contributed by atoms with E-state index in [2.05, 4.69) is 0 Å². The zero-order valence-corrected chi connectivity index (χ0v) is 10.6. The molecule has 0 aliphatic rings. The summed E-state index contributed by atoms with van der Waals surface area (Å²) in [6, 6.07) is 3.13. The molecule has 0 aliphatic heterocycles. The lowest BCUT2D eigenvalue weighted by molar-refractivity contribution is 0.0280. The van der Waals surface area contributed by atoms with Gasteiger partial charge in [0.1, 0.15) is 12.4 Å². The SMILES string of the molecule is Cc1cc(C(=O)O)cc(C)c1OCC(C)(C)O. The predicted molar refractivity (Wildman–Crippen MR) is 64.7 cm³/mol. The topological polar surface area (TPSA) is 66.8 Å². The van der Waals surface area contributed by atoms with Crippen LogP contribution >= 0.6 is 0 Å². The van der Waals surface area contributed by atoms with E-state index in [4.69, 9.17) is 9.84 Å². The van der Waals surface area contributed by atoms with E-state index < -0.39 is 11.6 Å². The quantitative estimate of drug-likeness (QED) is 0.843. The Morgan fingerprint density at radius 2 is 1.76 bits per heavy atom. The van der Waals surface area contributed by atoms with Crippen LogP contribution in [0.5, 0.6) is 5.75 Å². The second-order valence-corrected chi connectivity index (χ2v) is 4.85. The molecular weight excluding hydrogens is 220 g/mol. The highest BCUT2D eigenvalue weighted by molar-refractivity contribution is 5.88. The molecule has 0 saturated heterocycles. The Kier molecular flexibility index (Phi) is 3.78. The third-order valence-electron chi connectivity index (χ3n) is 2.28. The van der Waals surface area contributed by atoms with Gasteiger partial charge in [-0.1, -0.05) is 0 Å². The average molecular weight is 238 g/mol. The van der Waals surface area contributed by atoms with Crippen LogP contribution in [-0.4, -0.2) is 28.4 Å². The van der Waals surface area contributed by atoms with Crippen LogP contribution in [0.1, 0.15) is 35.3 Å². The number of hydrogen-bond donors (Lipinski definition) is 2. The first-order chi connectivity index (χ1) is 7.70. The Morgan fingerprint density at radius 1 is 1.29 bits per heavy atom. The summed E-state index contributed by atoms with van der Waals surface area (Å²) in [5.41, 5.74) is 0.846. The minimum Gasteiger partial charge on any atom is -0.490 e. The molecule has 1 rings (SSSR count). The summed E-state index contributed by atoms with van der Waals surface area (Å²) in [5.74, 6) is -0.317. The maximum atomic E-state index is 10.9. The molecule has 4 nitrogen and oxygen atoms in total. The fourth-order valence-electron chi connectivity index (χ4n) is 1.55. The van der Waals surface area contributed by atoms with Crippen molar-refractivity contribution >= 4 is 5.97 Å². The van der Waals surface area contributed by atoms with Crippen molar-refractivity contribution in [2.45, 2.75) is 33.3 Å². The Balaban J connectivity index is 2.98. The molecule has 0 bridgehead atoms. The van der Waals surface area contributed by atoms with Crippen molar-refractivity contribution in [1.29, 1.82) is 0 Å². The Hall–Kier alpha value is -1.55. The minimum atomic E-state index is -0.953. The third-order valence-corrected chi connectivity index (χ3v) is 2.28. The van der Waals surface area contributed by atoms with E-state index in [1.165, 1.54) is 0 Å². The summed E-state index contributed by atoms with van der Waals surface area (Å²) < 4.78 is 5.52. The number of carbonyl (C=O) groups is 1. The zero-order valence-electron chi connectivity index (χ0n) is 10.6. The molecule has 2 N–H and O–H groups in total. The first-order valence-corrected chi connectivity index (χ1v) is 5.40. The second-order valence-electron chi connectivity index (χ2n) is 4.85. The standard InChI is InChI=1S/C13H18O4/c1-8-5-10(12(14)15)6-9(2)11(8)17-7-13(3,4)16/h5-6,16H,7H2,1-4H3,(H,14,15). The lowest BCUT2D eigenvalue weighted by Crippen LogP contribution is -2.28. The van der Waals surface area contributed by atoms with Gasteiger partial charge in [-0.05, 0) is 51.0 Å². The molecule has 1 aromatic carbocycles. The highest BCUT2D eigenvalue weighted by Gasteiger charge is 2.16. The number of carboxylic acid groups (broad SMARTS) is 1. The van der Waals surface area contributed by atoms with Gasteiger partial charge in [0.25, 0.3) is 0 Å². The van der Waals surface area contributed by atoms with Gasteiger partial charge in [0, 0.05) is 0 Å². The molecule has 0 radical (unpaired) electrons. The molecular formula is C13H18O4. The van der Waals surface area contributed by atoms with Crippen molar-refractivity contribution in [3.8, 4) is 5.75 Å². The summed E-state index contributed by atoms with van der Waals surface area (Å²) in [4.78, 5) is 10.9. The van der Waals surface area contributed by atoms with Crippen molar-refractivity contribution in [2.24, 2.45) is 0 Å². The van der Waals surface area contributed by atoms with E-state index >= 15 is 0 Å². The highest BCUT2D eigenvalue weighted by atomic mass is 16.5. The Labute approximate surface area is 101 Å². The van der Waals surface area contributed by atoms with E-state index in [0.717, 1.165) is 11.1 Å². The maximum Gasteiger partial charge on any atom is 0.335 e. The van der Waals surface area contributed by atoms with Crippen LogP contribution in [0, 0.1) is 13.8 Å². The molecule has 94 valence electrons. The Morgan fingerprint density at radius 3 is 2.12 bits per heavy atom. The largest absolute Gasteiger partial charge is 0.490 e. The molecule has 0 amide bonds. The van der Waals surface area contributed by atoms with Crippen molar-refractivity contribution < 1.29 is 19.7 Å². The lowest BCUT2D eigenvalue weighted by Gasteiger charge is -2.20. The summed E-state index contributed by atoms with van der Waals surface area (Å²) in [6.45, 7) is 7.06. The number of hydrogen-bond acceptors (Lipinski definition) is 3. The van der Waals surface area contributed by atoms with Crippen LogP contribution in [0.4, 0.5) is 0 Å². The van der Waals surface area contributed by atoms with Gasteiger partial charge in [0.2, 0.25) is 0 Å². The van der Waals surface area contributed by atoms with Gasteiger partial charge in [-0.25, -0.2) is 4.79 Å². The molecule has 0 unspecified atom stereocenters. The molecule has 0 fully saturated rings. The Bertz CT molecular complexity index is 407. The molecule has 0 atom stereocenters. The maximum absolute atomic E-state index is 10.9. The minimum absolute atomic E-state index is 0.168. The zero-order chi connectivity index (χ0) is 13.2. The van der Waals surface area contributed by atoms with Crippen molar-refractivity contribution in [3.63, 3.8) is 0 Å². The van der Waals surface area contributed by atoms with Gasteiger partial charge < -0.3 is 14.9 Å².